The molecular weight excluding hydrogens is 376 g/mol. The highest BCUT2D eigenvalue weighted by atomic mass is 32.1. The smallest absolute Gasteiger partial charge is 0.342 e. The molecule has 7 heteroatoms. The fourth-order valence-electron chi connectivity index (χ4n) is 3.16. The molecule has 142 valence electrons. The number of nitrogens with zero attached hydrogens (tertiary/aromatic N) is 1. The molecule has 0 aliphatic heterocycles. The van der Waals surface area contributed by atoms with Gasteiger partial charge in [0.05, 0.1) is 5.39 Å². The first-order chi connectivity index (χ1) is 13.4. The van der Waals surface area contributed by atoms with E-state index in [1.807, 2.05) is 26.0 Å². The number of aryl methyl sites for hydroxylation is 2. The number of carbonyl (C=O) groups is 1. The van der Waals surface area contributed by atoms with Gasteiger partial charge in [0, 0.05) is 10.3 Å². The second kappa shape index (κ2) is 6.76. The third-order valence-electron chi connectivity index (χ3n) is 4.85. The first-order valence-corrected chi connectivity index (χ1v) is 9.60. The van der Waals surface area contributed by atoms with Crippen molar-refractivity contribution >= 4 is 38.3 Å². The Bertz CT molecular complexity index is 1290. The molecule has 6 nitrogen and oxygen atoms in total. The highest BCUT2D eigenvalue weighted by Gasteiger charge is 2.21. The van der Waals surface area contributed by atoms with Gasteiger partial charge in [-0.05, 0) is 37.8 Å². The molecule has 0 unspecified atom stereocenters. The van der Waals surface area contributed by atoms with Crippen molar-refractivity contribution in [3.63, 3.8) is 0 Å². The van der Waals surface area contributed by atoms with Crippen LogP contribution in [0.5, 0.6) is 5.75 Å². The molecular formula is C21H18N2O4S. The number of hydrogen-bond acceptors (Lipinski definition) is 6. The first-order valence-electron chi connectivity index (χ1n) is 8.78. The van der Waals surface area contributed by atoms with Crippen molar-refractivity contribution in [3.8, 4) is 5.75 Å². The minimum absolute atomic E-state index is 0.0665. The van der Waals surface area contributed by atoms with E-state index in [2.05, 4.69) is 9.97 Å². The highest BCUT2D eigenvalue weighted by Crippen LogP contribution is 2.31. The summed E-state index contributed by atoms with van der Waals surface area (Å²) in [5.74, 6) is -0.541. The molecule has 2 N–H and O–H groups in total. The monoisotopic (exact) mass is 394 g/mol. The zero-order valence-corrected chi connectivity index (χ0v) is 16.4. The maximum absolute atomic E-state index is 12.6. The molecule has 0 bridgehead atoms. The molecule has 0 aliphatic carbocycles. The molecule has 0 spiro atoms. The molecule has 0 saturated carbocycles. The van der Waals surface area contributed by atoms with Crippen molar-refractivity contribution in [2.45, 2.75) is 26.9 Å². The number of benzene rings is 2. The molecule has 2 aromatic heterocycles. The van der Waals surface area contributed by atoms with Crippen LogP contribution >= 0.6 is 11.3 Å². The number of aromatic nitrogens is 2. The number of nitrogens with one attached hydrogen (secondary N) is 1. The lowest BCUT2D eigenvalue weighted by molar-refractivity contribution is 0.0317. The Balaban J connectivity index is 1.66. The van der Waals surface area contributed by atoms with Crippen molar-refractivity contribution in [2.24, 2.45) is 0 Å². The molecule has 4 rings (SSSR count). The van der Waals surface area contributed by atoms with Gasteiger partial charge in [0.25, 0.3) is 5.56 Å². The number of aromatic amines is 1. The van der Waals surface area contributed by atoms with E-state index in [0.717, 1.165) is 15.8 Å². The van der Waals surface area contributed by atoms with E-state index in [0.29, 0.717) is 15.6 Å². The number of ether oxygens (including phenoxy) is 1. The van der Waals surface area contributed by atoms with Crippen molar-refractivity contribution < 1.29 is 14.6 Å². The van der Waals surface area contributed by atoms with E-state index in [-0.39, 0.29) is 22.7 Å². The van der Waals surface area contributed by atoms with Crippen LogP contribution in [-0.4, -0.2) is 21.0 Å². The van der Waals surface area contributed by atoms with Crippen LogP contribution in [0.15, 0.2) is 41.2 Å². The lowest BCUT2D eigenvalue weighted by Crippen LogP contribution is -2.17. The summed E-state index contributed by atoms with van der Waals surface area (Å²) in [7, 11) is 0. The second-order valence-corrected chi connectivity index (χ2v) is 7.85. The van der Waals surface area contributed by atoms with Crippen LogP contribution in [0.3, 0.4) is 0 Å². The van der Waals surface area contributed by atoms with E-state index in [4.69, 9.17) is 4.74 Å². The molecule has 1 atom stereocenters. The predicted octanol–water partition coefficient (Wildman–Crippen LogP) is 4.38. The van der Waals surface area contributed by atoms with Crippen LogP contribution in [0, 0.1) is 13.8 Å². The zero-order valence-electron chi connectivity index (χ0n) is 15.6. The molecule has 2 heterocycles. The second-order valence-electron chi connectivity index (χ2n) is 6.64. The summed E-state index contributed by atoms with van der Waals surface area (Å²) < 4.78 is 5.47. The molecule has 28 heavy (non-hydrogen) atoms. The van der Waals surface area contributed by atoms with Crippen LogP contribution in [0.25, 0.3) is 21.0 Å². The van der Waals surface area contributed by atoms with Gasteiger partial charge in [-0.15, -0.1) is 11.3 Å². The van der Waals surface area contributed by atoms with Crippen molar-refractivity contribution in [3.05, 3.63) is 68.6 Å². The maximum Gasteiger partial charge on any atom is 0.342 e. The molecule has 0 aliphatic rings. The summed E-state index contributed by atoms with van der Waals surface area (Å²) in [5.41, 5.74) is 0.723. The summed E-state index contributed by atoms with van der Waals surface area (Å²) in [4.78, 5) is 33.8. The number of hydrogen-bond donors (Lipinski definition) is 2. The molecule has 0 amide bonds. The van der Waals surface area contributed by atoms with E-state index in [1.165, 1.54) is 17.4 Å². The summed E-state index contributed by atoms with van der Waals surface area (Å²) in [6.45, 7) is 5.46. The molecule has 4 aromatic rings. The molecule has 0 fully saturated rings. The number of aromatic hydroxyl groups is 1. The fraction of sp³-hybridized carbons (Fsp3) is 0.190. The summed E-state index contributed by atoms with van der Waals surface area (Å²) in [6.07, 6.45) is -0.779. The lowest BCUT2D eigenvalue weighted by atomic mass is 10.1. The largest absolute Gasteiger partial charge is 0.506 e. The molecule has 0 saturated heterocycles. The number of phenols is 1. The average molecular weight is 394 g/mol. The van der Waals surface area contributed by atoms with Crippen LogP contribution in [0.4, 0.5) is 0 Å². The predicted molar refractivity (Wildman–Crippen MR) is 109 cm³/mol. The Kier molecular flexibility index (Phi) is 4.39. The standard InChI is InChI=1S/C21H18N2O4S/c1-10-12(3)28-20-16(10)19(25)22-18(23-20)11(2)27-21(26)15-9-8-13-6-4-5-7-14(13)17(15)24/h4-9,11,24H,1-3H3,(H,22,23,25)/t11-/m0/s1. The van der Waals surface area contributed by atoms with E-state index in [1.54, 1.807) is 25.1 Å². The maximum atomic E-state index is 12.6. The first kappa shape index (κ1) is 18.2. The van der Waals surface area contributed by atoms with Crippen molar-refractivity contribution in [2.75, 3.05) is 0 Å². The van der Waals surface area contributed by atoms with Crippen molar-refractivity contribution in [1.29, 1.82) is 0 Å². The van der Waals surface area contributed by atoms with Gasteiger partial charge in [0.15, 0.2) is 11.9 Å². The third kappa shape index (κ3) is 2.93. The SMILES string of the molecule is Cc1sc2nc([C@H](C)OC(=O)c3ccc4ccccc4c3O)[nH]c(=O)c2c1C. The van der Waals surface area contributed by atoms with E-state index < -0.39 is 12.1 Å². The van der Waals surface area contributed by atoms with Gasteiger partial charge in [-0.3, -0.25) is 4.79 Å². The number of thiophene rings is 1. The number of rotatable bonds is 3. The van der Waals surface area contributed by atoms with Crippen LogP contribution in [0.2, 0.25) is 0 Å². The number of esters is 1. The summed E-state index contributed by atoms with van der Waals surface area (Å²) in [5, 5.41) is 12.4. The number of H-pyrrole nitrogens is 1. The van der Waals surface area contributed by atoms with Crippen LogP contribution in [0.1, 0.15) is 39.7 Å². The molecule has 2 aromatic carbocycles. The Morgan fingerprint density at radius 3 is 2.75 bits per heavy atom. The van der Waals surface area contributed by atoms with Gasteiger partial charge in [-0.25, -0.2) is 9.78 Å². The minimum Gasteiger partial charge on any atom is -0.506 e. The van der Waals surface area contributed by atoms with E-state index >= 15 is 0 Å². The lowest BCUT2D eigenvalue weighted by Gasteiger charge is -2.14. The number of phenolic OH excluding ortho intramolecular Hbond substituents is 1. The third-order valence-corrected chi connectivity index (χ3v) is 5.95. The van der Waals surface area contributed by atoms with Crippen LogP contribution < -0.4 is 5.56 Å². The highest BCUT2D eigenvalue weighted by molar-refractivity contribution is 7.18. The van der Waals surface area contributed by atoms with Gasteiger partial charge in [-0.1, -0.05) is 30.3 Å². The zero-order chi connectivity index (χ0) is 20.0. The molecule has 0 radical (unpaired) electrons. The fourth-order valence-corrected chi connectivity index (χ4v) is 4.20. The summed E-state index contributed by atoms with van der Waals surface area (Å²) in [6, 6.07) is 10.5. The normalized spacial score (nSPS) is 12.4. The number of fused-ring (bicyclic) bond motifs is 2. The minimum atomic E-state index is -0.779. The Hall–Kier alpha value is -3.19. The Morgan fingerprint density at radius 2 is 1.96 bits per heavy atom. The Morgan fingerprint density at radius 1 is 1.21 bits per heavy atom. The van der Waals surface area contributed by atoms with Gasteiger partial charge >= 0.3 is 5.97 Å². The quantitative estimate of drug-likeness (QED) is 0.503. The van der Waals surface area contributed by atoms with E-state index in [9.17, 15) is 14.7 Å². The van der Waals surface area contributed by atoms with Gasteiger partial charge in [0.2, 0.25) is 0 Å². The van der Waals surface area contributed by atoms with Crippen molar-refractivity contribution in [1.82, 2.24) is 9.97 Å². The average Bonchev–Trinajstić information content (AvgIpc) is 2.96. The van der Waals surface area contributed by atoms with Gasteiger partial charge < -0.3 is 14.8 Å². The summed E-state index contributed by atoms with van der Waals surface area (Å²) >= 11 is 1.43. The van der Waals surface area contributed by atoms with Crippen LogP contribution in [-0.2, 0) is 4.74 Å². The number of carbonyl (C=O) groups excluding carboxylic acids is 1. The Labute approximate surface area is 164 Å². The van der Waals surface area contributed by atoms with Gasteiger partial charge in [0.1, 0.15) is 16.1 Å². The topological polar surface area (TPSA) is 92.3 Å². The van der Waals surface area contributed by atoms with Gasteiger partial charge in [-0.2, -0.15) is 0 Å².